The summed E-state index contributed by atoms with van der Waals surface area (Å²) in [5.74, 6) is -1.68. The number of hydrogen-bond donors (Lipinski definition) is 1. The van der Waals surface area contributed by atoms with Gasteiger partial charge in [-0.3, -0.25) is 14.5 Å². The van der Waals surface area contributed by atoms with E-state index >= 15 is 0 Å². The molecule has 0 unspecified atom stereocenters. The largest absolute Gasteiger partial charge is 0.550 e. The maximum atomic E-state index is 12.1. The summed E-state index contributed by atoms with van der Waals surface area (Å²) >= 11 is 0.728. The monoisotopic (exact) mass is 322 g/mol. The van der Waals surface area contributed by atoms with Gasteiger partial charge in [0, 0.05) is 18.9 Å². The van der Waals surface area contributed by atoms with Gasteiger partial charge in [-0.25, -0.2) is 0 Å². The first-order valence-electron chi connectivity index (χ1n) is 6.24. The van der Waals surface area contributed by atoms with Crippen LogP contribution in [0.25, 0.3) is 6.08 Å². The number of methoxy groups -OCH3 is 1. The normalized spacial score (nSPS) is 16.4. The lowest BCUT2D eigenvalue weighted by Crippen LogP contribution is -2.33. The molecule has 0 atom stereocenters. The molecule has 2 amide bonds. The number of carbonyl (C=O) groups is 3. The molecule has 8 heteroatoms. The van der Waals surface area contributed by atoms with E-state index in [-0.39, 0.29) is 22.9 Å². The van der Waals surface area contributed by atoms with Gasteiger partial charge in [0.05, 0.1) is 12.0 Å². The lowest BCUT2D eigenvalue weighted by molar-refractivity contribution is -0.305. The van der Waals surface area contributed by atoms with Crippen LogP contribution in [0.5, 0.6) is 11.5 Å². The van der Waals surface area contributed by atoms with E-state index in [2.05, 4.69) is 0 Å². The number of imide groups is 1. The molecule has 22 heavy (non-hydrogen) atoms. The first-order chi connectivity index (χ1) is 10.4. The maximum absolute atomic E-state index is 12.1. The van der Waals surface area contributed by atoms with Gasteiger partial charge in [-0.15, -0.1) is 0 Å². The highest BCUT2D eigenvalue weighted by molar-refractivity contribution is 8.18. The van der Waals surface area contributed by atoms with Crippen LogP contribution in [0.4, 0.5) is 4.79 Å². The number of carbonyl (C=O) groups excluding carboxylic acids is 3. The van der Waals surface area contributed by atoms with E-state index in [1.54, 1.807) is 6.07 Å². The number of aliphatic carboxylic acids is 1. The lowest BCUT2D eigenvalue weighted by Gasteiger charge is -2.12. The first kappa shape index (κ1) is 15.9. The smallest absolute Gasteiger partial charge is 0.293 e. The molecule has 2 rings (SSSR count). The Bertz CT molecular complexity index is 669. The fraction of sp³-hybridized carbons (Fsp3) is 0.214. The molecular formula is C14H12NO6S-. The number of amides is 2. The third-order valence-electron chi connectivity index (χ3n) is 2.91. The Kier molecular flexibility index (Phi) is 4.71. The van der Waals surface area contributed by atoms with Gasteiger partial charge in [-0.05, 0) is 35.5 Å². The molecule has 0 bridgehead atoms. The van der Waals surface area contributed by atoms with Gasteiger partial charge < -0.3 is 19.7 Å². The zero-order valence-corrected chi connectivity index (χ0v) is 12.4. The number of carboxylic acids is 1. The molecular weight excluding hydrogens is 310 g/mol. The van der Waals surface area contributed by atoms with Crippen LogP contribution in [-0.4, -0.2) is 40.8 Å². The van der Waals surface area contributed by atoms with Crippen molar-refractivity contribution in [2.24, 2.45) is 0 Å². The Hall–Kier alpha value is -2.48. The predicted molar refractivity (Wildman–Crippen MR) is 77.0 cm³/mol. The van der Waals surface area contributed by atoms with Crippen LogP contribution in [0.3, 0.4) is 0 Å². The van der Waals surface area contributed by atoms with Crippen molar-refractivity contribution in [3.8, 4) is 11.5 Å². The van der Waals surface area contributed by atoms with Crippen LogP contribution in [0.15, 0.2) is 23.1 Å². The van der Waals surface area contributed by atoms with Crippen molar-refractivity contribution >= 4 is 35.0 Å². The van der Waals surface area contributed by atoms with Crippen LogP contribution < -0.4 is 9.84 Å². The third-order valence-corrected chi connectivity index (χ3v) is 3.82. The standard InChI is InChI=1S/C14H13NO6S/c1-21-10-6-8(2-3-9(10)16)7-11-13(19)15(14(20)22-11)5-4-12(17)18/h2-3,6-7,16H,4-5H2,1H3,(H,17,18)/p-1/b11-7+. The summed E-state index contributed by atoms with van der Waals surface area (Å²) < 4.78 is 4.96. The molecule has 0 aromatic heterocycles. The Morgan fingerprint density at radius 3 is 2.82 bits per heavy atom. The van der Waals surface area contributed by atoms with Crippen molar-refractivity contribution in [2.75, 3.05) is 13.7 Å². The topological polar surface area (TPSA) is 107 Å². The van der Waals surface area contributed by atoms with E-state index in [1.807, 2.05) is 0 Å². The molecule has 0 spiro atoms. The average Bonchev–Trinajstić information content (AvgIpc) is 2.73. The van der Waals surface area contributed by atoms with Gasteiger partial charge in [0.15, 0.2) is 11.5 Å². The third kappa shape index (κ3) is 3.40. The summed E-state index contributed by atoms with van der Waals surface area (Å²) in [6, 6.07) is 4.49. The minimum absolute atomic E-state index is 0.0401. The predicted octanol–water partition coefficient (Wildman–Crippen LogP) is 0.577. The second-order valence-electron chi connectivity index (χ2n) is 4.39. The van der Waals surface area contributed by atoms with E-state index < -0.39 is 23.5 Å². The lowest BCUT2D eigenvalue weighted by atomic mass is 10.2. The van der Waals surface area contributed by atoms with Crippen molar-refractivity contribution in [3.05, 3.63) is 28.7 Å². The maximum Gasteiger partial charge on any atom is 0.293 e. The summed E-state index contributed by atoms with van der Waals surface area (Å²) in [4.78, 5) is 35.3. The fourth-order valence-electron chi connectivity index (χ4n) is 1.83. The highest BCUT2D eigenvalue weighted by atomic mass is 32.2. The SMILES string of the molecule is COc1cc(/C=C2/SC(=O)N(CCC(=O)[O-])C2=O)ccc1O. The number of nitrogens with zero attached hydrogens (tertiary/aromatic N) is 1. The van der Waals surface area contributed by atoms with Crippen LogP contribution >= 0.6 is 11.8 Å². The molecule has 0 radical (unpaired) electrons. The van der Waals surface area contributed by atoms with E-state index in [0.29, 0.717) is 5.56 Å². The quantitative estimate of drug-likeness (QED) is 0.790. The Balaban J connectivity index is 2.21. The fourth-order valence-corrected chi connectivity index (χ4v) is 2.70. The molecule has 1 fully saturated rings. The number of ether oxygens (including phenoxy) is 1. The van der Waals surface area contributed by atoms with Gasteiger partial charge in [-0.1, -0.05) is 6.07 Å². The molecule has 0 saturated carbocycles. The molecule has 1 aromatic carbocycles. The van der Waals surface area contributed by atoms with Crippen LogP contribution in [0, 0.1) is 0 Å². The molecule has 7 nitrogen and oxygen atoms in total. The molecule has 1 aliphatic rings. The summed E-state index contributed by atoms with van der Waals surface area (Å²) in [6.45, 7) is -0.219. The number of aromatic hydroxyl groups is 1. The second kappa shape index (κ2) is 6.52. The van der Waals surface area contributed by atoms with E-state index in [4.69, 9.17) is 4.74 Å². The highest BCUT2D eigenvalue weighted by Crippen LogP contribution is 2.34. The van der Waals surface area contributed by atoms with Crippen molar-refractivity contribution in [1.29, 1.82) is 0 Å². The van der Waals surface area contributed by atoms with Crippen LogP contribution in [-0.2, 0) is 9.59 Å². The first-order valence-corrected chi connectivity index (χ1v) is 7.06. The van der Waals surface area contributed by atoms with E-state index in [1.165, 1.54) is 25.3 Å². The molecule has 1 aliphatic heterocycles. The Morgan fingerprint density at radius 2 is 2.18 bits per heavy atom. The van der Waals surface area contributed by atoms with E-state index in [0.717, 1.165) is 16.7 Å². The number of carboxylic acid groups (broad SMARTS) is 1. The number of phenols is 1. The van der Waals surface area contributed by atoms with Crippen molar-refractivity contribution in [2.45, 2.75) is 6.42 Å². The summed E-state index contributed by atoms with van der Waals surface area (Å²) in [6.07, 6.45) is 1.07. The van der Waals surface area contributed by atoms with Gasteiger partial charge in [-0.2, -0.15) is 0 Å². The van der Waals surface area contributed by atoms with Gasteiger partial charge >= 0.3 is 0 Å². The average molecular weight is 322 g/mol. The van der Waals surface area contributed by atoms with Crippen LogP contribution in [0.2, 0.25) is 0 Å². The minimum atomic E-state index is -1.33. The summed E-state index contributed by atoms with van der Waals surface area (Å²) in [7, 11) is 1.40. The molecule has 1 N–H and O–H groups in total. The minimum Gasteiger partial charge on any atom is -0.550 e. The molecule has 116 valence electrons. The molecule has 1 saturated heterocycles. The number of hydrogen-bond acceptors (Lipinski definition) is 7. The molecule has 1 heterocycles. The number of benzene rings is 1. The summed E-state index contributed by atoms with van der Waals surface area (Å²) in [5, 5.41) is 19.4. The number of rotatable bonds is 5. The van der Waals surface area contributed by atoms with E-state index in [9.17, 15) is 24.6 Å². The molecule has 0 aliphatic carbocycles. The van der Waals surface area contributed by atoms with Gasteiger partial charge in [0.1, 0.15) is 0 Å². The molecule has 1 aromatic rings. The zero-order chi connectivity index (χ0) is 16.3. The second-order valence-corrected chi connectivity index (χ2v) is 5.38. The number of phenolic OH excluding ortho intramolecular Hbond substituents is 1. The number of thioether (sulfide) groups is 1. The Morgan fingerprint density at radius 1 is 1.45 bits per heavy atom. The van der Waals surface area contributed by atoms with Crippen molar-refractivity contribution in [1.82, 2.24) is 4.90 Å². The highest BCUT2D eigenvalue weighted by Gasteiger charge is 2.34. The van der Waals surface area contributed by atoms with Crippen molar-refractivity contribution < 1.29 is 29.3 Å². The zero-order valence-electron chi connectivity index (χ0n) is 11.6. The van der Waals surface area contributed by atoms with Crippen LogP contribution in [0.1, 0.15) is 12.0 Å². The summed E-state index contributed by atoms with van der Waals surface area (Å²) in [5.41, 5.74) is 0.569. The van der Waals surface area contributed by atoms with Gasteiger partial charge in [0.2, 0.25) is 0 Å². The van der Waals surface area contributed by atoms with Crippen molar-refractivity contribution in [3.63, 3.8) is 0 Å². The Labute approximate surface area is 130 Å². The van der Waals surface area contributed by atoms with Gasteiger partial charge in [0.25, 0.3) is 11.1 Å².